The molecule has 1 aliphatic carbocycles. The quantitative estimate of drug-likeness (QED) is 0.742. The fourth-order valence-corrected chi connectivity index (χ4v) is 5.83. The van der Waals surface area contributed by atoms with E-state index in [1.54, 1.807) is 10.9 Å². The summed E-state index contributed by atoms with van der Waals surface area (Å²) in [5.74, 6) is 0.777. The second kappa shape index (κ2) is 9.51. The van der Waals surface area contributed by atoms with Gasteiger partial charge >= 0.3 is 0 Å². The van der Waals surface area contributed by atoms with Gasteiger partial charge in [0.15, 0.2) is 0 Å². The van der Waals surface area contributed by atoms with Crippen LogP contribution < -0.4 is 10.9 Å². The second-order valence-corrected chi connectivity index (χ2v) is 10.2. The zero-order chi connectivity index (χ0) is 22.0. The monoisotopic (exact) mass is 444 g/mol. The van der Waals surface area contributed by atoms with E-state index in [1.165, 1.54) is 37.0 Å². The molecule has 2 aromatic heterocycles. The molecule has 1 saturated heterocycles. The van der Waals surface area contributed by atoms with Crippen molar-refractivity contribution in [3.05, 3.63) is 27.1 Å². The van der Waals surface area contributed by atoms with Crippen LogP contribution >= 0.6 is 11.3 Å². The molecule has 2 aliphatic rings. The number of nitrogens with one attached hydrogen (secondary N) is 1. The van der Waals surface area contributed by atoms with Crippen LogP contribution in [-0.2, 0) is 16.1 Å². The number of nitrogens with zero attached hydrogens (tertiary/aromatic N) is 3. The normalized spacial score (nSPS) is 18.1. The number of fused-ring (bicyclic) bond motifs is 1. The van der Waals surface area contributed by atoms with Gasteiger partial charge in [0.25, 0.3) is 5.56 Å². The minimum Gasteiger partial charge on any atom is -0.353 e. The lowest BCUT2D eigenvalue weighted by atomic mass is 10.0. The second-order valence-electron chi connectivity index (χ2n) is 9.03. The number of thiophene rings is 1. The molecule has 0 bridgehead atoms. The van der Waals surface area contributed by atoms with Crippen LogP contribution in [0.2, 0.25) is 0 Å². The van der Waals surface area contributed by atoms with Gasteiger partial charge in [0.2, 0.25) is 11.8 Å². The van der Waals surface area contributed by atoms with Gasteiger partial charge in [-0.1, -0.05) is 12.8 Å². The summed E-state index contributed by atoms with van der Waals surface area (Å²) in [6.45, 7) is 5.59. The van der Waals surface area contributed by atoms with Crippen LogP contribution in [-0.4, -0.2) is 45.4 Å². The molecule has 7 nitrogen and oxygen atoms in total. The number of aromatic nitrogens is 2. The summed E-state index contributed by atoms with van der Waals surface area (Å²) in [5, 5.41) is 3.84. The van der Waals surface area contributed by atoms with E-state index in [2.05, 4.69) is 10.3 Å². The zero-order valence-electron chi connectivity index (χ0n) is 18.5. The zero-order valence-corrected chi connectivity index (χ0v) is 19.3. The Morgan fingerprint density at radius 1 is 1.16 bits per heavy atom. The van der Waals surface area contributed by atoms with Crippen molar-refractivity contribution >= 4 is 33.4 Å². The van der Waals surface area contributed by atoms with Gasteiger partial charge in [-0.3, -0.25) is 19.0 Å². The highest BCUT2D eigenvalue weighted by Gasteiger charge is 2.25. The molecule has 31 heavy (non-hydrogen) atoms. The van der Waals surface area contributed by atoms with Crippen molar-refractivity contribution in [2.24, 2.45) is 5.92 Å². The number of carbonyl (C=O) groups is 2. The topological polar surface area (TPSA) is 84.3 Å². The third-order valence-electron chi connectivity index (χ3n) is 6.88. The number of hydrogen-bond acceptors (Lipinski definition) is 5. The SMILES string of the molecule is Cc1sc2ncn(CCC(=O)N3CCC(NC(=O)CC4CCCC4)CC3)c(=O)c2c1C. The molecule has 8 heteroatoms. The van der Waals surface area contributed by atoms with E-state index in [0.29, 0.717) is 37.4 Å². The Balaban J connectivity index is 1.25. The van der Waals surface area contributed by atoms with Gasteiger partial charge in [-0.2, -0.15) is 0 Å². The van der Waals surface area contributed by atoms with E-state index >= 15 is 0 Å². The van der Waals surface area contributed by atoms with E-state index in [1.807, 2.05) is 18.7 Å². The number of amides is 2. The van der Waals surface area contributed by atoms with E-state index in [-0.39, 0.29) is 29.8 Å². The van der Waals surface area contributed by atoms with Crippen molar-refractivity contribution in [3.8, 4) is 0 Å². The molecule has 1 saturated carbocycles. The van der Waals surface area contributed by atoms with Crippen LogP contribution in [0.1, 0.15) is 61.8 Å². The fraction of sp³-hybridized carbons (Fsp3) is 0.652. The predicted octanol–water partition coefficient (Wildman–Crippen LogP) is 3.15. The molecule has 0 aromatic carbocycles. The van der Waals surface area contributed by atoms with Crippen LogP contribution in [0.5, 0.6) is 0 Å². The lowest BCUT2D eigenvalue weighted by Crippen LogP contribution is -2.47. The van der Waals surface area contributed by atoms with Crippen molar-refractivity contribution in [2.75, 3.05) is 13.1 Å². The number of carbonyl (C=O) groups excluding carboxylic acids is 2. The third-order valence-corrected chi connectivity index (χ3v) is 8.00. The maximum absolute atomic E-state index is 12.8. The first kappa shape index (κ1) is 22.0. The average Bonchev–Trinajstić information content (AvgIpc) is 3.36. The summed E-state index contributed by atoms with van der Waals surface area (Å²) in [4.78, 5) is 45.9. The van der Waals surface area contributed by atoms with E-state index < -0.39 is 0 Å². The van der Waals surface area contributed by atoms with Gasteiger partial charge in [-0.15, -0.1) is 11.3 Å². The highest BCUT2D eigenvalue weighted by Crippen LogP contribution is 2.27. The van der Waals surface area contributed by atoms with Crippen molar-refractivity contribution in [2.45, 2.75) is 77.8 Å². The van der Waals surface area contributed by atoms with Crippen LogP contribution in [0.3, 0.4) is 0 Å². The molecular formula is C23H32N4O3S. The first-order valence-electron chi connectivity index (χ1n) is 11.4. The third kappa shape index (κ3) is 5.00. The molecule has 0 unspecified atom stereocenters. The molecule has 2 fully saturated rings. The van der Waals surface area contributed by atoms with Gasteiger partial charge in [-0.05, 0) is 51.0 Å². The summed E-state index contributed by atoms with van der Waals surface area (Å²) in [6.07, 6.45) is 8.94. The van der Waals surface area contributed by atoms with Crippen LogP contribution in [0.25, 0.3) is 10.2 Å². The first-order valence-corrected chi connectivity index (χ1v) is 12.3. The van der Waals surface area contributed by atoms with Crippen LogP contribution in [0, 0.1) is 19.8 Å². The Kier molecular flexibility index (Phi) is 6.74. The van der Waals surface area contributed by atoms with Gasteiger partial charge < -0.3 is 10.2 Å². The Hall–Kier alpha value is -2.22. The number of rotatable bonds is 6. The summed E-state index contributed by atoms with van der Waals surface area (Å²) >= 11 is 1.53. The molecule has 4 rings (SSSR count). The van der Waals surface area contributed by atoms with Gasteiger partial charge in [0.05, 0.1) is 11.7 Å². The first-order chi connectivity index (χ1) is 14.9. The van der Waals surface area contributed by atoms with Crippen molar-refractivity contribution in [3.63, 3.8) is 0 Å². The average molecular weight is 445 g/mol. The number of piperidine rings is 1. The highest BCUT2D eigenvalue weighted by molar-refractivity contribution is 7.18. The van der Waals surface area contributed by atoms with E-state index in [0.717, 1.165) is 28.1 Å². The lowest BCUT2D eigenvalue weighted by Gasteiger charge is -2.32. The van der Waals surface area contributed by atoms with Crippen LogP contribution in [0.15, 0.2) is 11.1 Å². The maximum atomic E-state index is 12.8. The minimum absolute atomic E-state index is 0.0564. The highest BCUT2D eigenvalue weighted by atomic mass is 32.1. The van der Waals surface area contributed by atoms with E-state index in [9.17, 15) is 14.4 Å². The summed E-state index contributed by atoms with van der Waals surface area (Å²) < 4.78 is 1.55. The molecule has 0 atom stereocenters. The number of aryl methyl sites for hydroxylation is 3. The van der Waals surface area contributed by atoms with Gasteiger partial charge in [-0.25, -0.2) is 4.98 Å². The summed E-state index contributed by atoms with van der Waals surface area (Å²) in [6, 6.07) is 0.164. The molecule has 0 spiro atoms. The largest absolute Gasteiger partial charge is 0.353 e. The molecule has 2 aromatic rings. The Labute approximate surface area is 186 Å². The molecule has 1 N–H and O–H groups in total. The van der Waals surface area contributed by atoms with Crippen molar-refractivity contribution < 1.29 is 9.59 Å². The smallest absolute Gasteiger partial charge is 0.262 e. The Bertz CT molecular complexity index is 1010. The summed E-state index contributed by atoms with van der Waals surface area (Å²) in [5.41, 5.74) is 0.915. The molecule has 1 aliphatic heterocycles. The Morgan fingerprint density at radius 3 is 2.58 bits per heavy atom. The maximum Gasteiger partial charge on any atom is 0.262 e. The molecule has 2 amide bonds. The molecular weight excluding hydrogens is 412 g/mol. The predicted molar refractivity (Wildman–Crippen MR) is 122 cm³/mol. The van der Waals surface area contributed by atoms with Crippen LogP contribution in [0.4, 0.5) is 0 Å². The summed E-state index contributed by atoms with van der Waals surface area (Å²) in [7, 11) is 0. The van der Waals surface area contributed by atoms with Crippen molar-refractivity contribution in [1.82, 2.24) is 19.8 Å². The lowest BCUT2D eigenvalue weighted by molar-refractivity contribution is -0.132. The van der Waals surface area contributed by atoms with Gasteiger partial charge in [0.1, 0.15) is 4.83 Å². The molecule has 3 heterocycles. The minimum atomic E-state index is -0.0664. The fourth-order valence-electron chi connectivity index (χ4n) is 4.84. The standard InChI is InChI=1S/C23H32N4O3S/c1-15-16(2)31-22-21(15)23(30)27(14-24-22)12-9-20(29)26-10-7-18(8-11-26)25-19(28)13-17-5-3-4-6-17/h14,17-18H,3-13H2,1-2H3,(H,25,28). The molecule has 0 radical (unpaired) electrons. The Morgan fingerprint density at radius 2 is 1.87 bits per heavy atom. The number of likely N-dealkylation sites (tertiary alicyclic amines) is 1. The molecule has 168 valence electrons. The van der Waals surface area contributed by atoms with E-state index in [4.69, 9.17) is 0 Å². The van der Waals surface area contributed by atoms with Crippen molar-refractivity contribution in [1.29, 1.82) is 0 Å². The van der Waals surface area contributed by atoms with Gasteiger partial charge in [0, 0.05) is 43.4 Å². The number of hydrogen-bond donors (Lipinski definition) is 1.